The largest absolute Gasteiger partial charge is 0.444 e. The molecule has 1 amide bonds. The quantitative estimate of drug-likeness (QED) is 0.614. The molecule has 0 atom stereocenters. The van der Waals surface area contributed by atoms with Crippen LogP contribution in [0.5, 0.6) is 0 Å². The molecule has 1 aromatic carbocycles. The van der Waals surface area contributed by atoms with Gasteiger partial charge in [0.1, 0.15) is 5.60 Å². The molecule has 5 heteroatoms. The summed E-state index contributed by atoms with van der Waals surface area (Å²) >= 11 is 5.84. The fourth-order valence-corrected chi connectivity index (χ4v) is 1.38. The van der Waals surface area contributed by atoms with Crippen LogP contribution in [0.3, 0.4) is 0 Å². The zero-order chi connectivity index (χ0) is 14.5. The lowest BCUT2D eigenvalue weighted by Gasteiger charge is -2.19. The Morgan fingerprint density at radius 3 is 2.79 bits per heavy atom. The Bertz CT molecular complexity index is 524. The molecule has 0 aliphatic carbocycles. The van der Waals surface area contributed by atoms with Gasteiger partial charge in [0.2, 0.25) is 0 Å². The molecule has 0 aliphatic rings. The maximum absolute atomic E-state index is 11.3. The predicted octanol–water partition coefficient (Wildman–Crippen LogP) is 2.80. The number of nitrogens with one attached hydrogen (secondary N) is 1. The second-order valence-corrected chi connectivity index (χ2v) is 5.33. The highest BCUT2D eigenvalue weighted by Gasteiger charge is 2.14. The van der Waals surface area contributed by atoms with Crippen molar-refractivity contribution < 1.29 is 9.53 Å². The number of nitrogens with two attached hydrogens (primary N) is 1. The lowest BCUT2D eigenvalue weighted by atomic mass is 10.2. The van der Waals surface area contributed by atoms with Gasteiger partial charge in [-0.15, -0.1) is 0 Å². The smallest absolute Gasteiger partial charge is 0.408 e. The number of anilines is 1. The van der Waals surface area contributed by atoms with E-state index in [9.17, 15) is 4.79 Å². The van der Waals surface area contributed by atoms with Crippen molar-refractivity contribution in [1.29, 1.82) is 0 Å². The van der Waals surface area contributed by atoms with Crippen LogP contribution in [0.15, 0.2) is 18.2 Å². The molecule has 0 aliphatic heterocycles. The summed E-state index contributed by atoms with van der Waals surface area (Å²) < 4.78 is 5.07. The molecule has 3 N–H and O–H groups in total. The number of carbonyl (C=O) groups is 1. The van der Waals surface area contributed by atoms with Gasteiger partial charge in [-0.05, 0) is 39.0 Å². The number of amides is 1. The van der Waals surface area contributed by atoms with Gasteiger partial charge >= 0.3 is 6.09 Å². The monoisotopic (exact) mass is 280 g/mol. The molecular formula is C14H17ClN2O2. The third-order valence-electron chi connectivity index (χ3n) is 1.96. The van der Waals surface area contributed by atoms with Crippen LogP contribution in [0.4, 0.5) is 10.5 Å². The van der Waals surface area contributed by atoms with Crippen molar-refractivity contribution in [3.8, 4) is 11.8 Å². The van der Waals surface area contributed by atoms with E-state index in [0.29, 0.717) is 16.3 Å². The second-order valence-electron chi connectivity index (χ2n) is 4.89. The fraction of sp³-hybridized carbons (Fsp3) is 0.357. The summed E-state index contributed by atoms with van der Waals surface area (Å²) in [5, 5.41) is 3.10. The molecule has 0 aromatic heterocycles. The number of hydrogen-bond acceptors (Lipinski definition) is 3. The van der Waals surface area contributed by atoms with Crippen molar-refractivity contribution >= 4 is 23.4 Å². The number of ether oxygens (including phenoxy) is 1. The number of halogens is 1. The highest BCUT2D eigenvalue weighted by molar-refractivity contribution is 6.30. The molecule has 0 radical (unpaired) electrons. The van der Waals surface area contributed by atoms with Crippen LogP contribution in [0.25, 0.3) is 0 Å². The van der Waals surface area contributed by atoms with Gasteiger partial charge < -0.3 is 15.8 Å². The maximum atomic E-state index is 11.3. The van der Waals surface area contributed by atoms with Gasteiger partial charge in [0.25, 0.3) is 0 Å². The lowest BCUT2D eigenvalue weighted by molar-refractivity contribution is 0.0535. The van der Waals surface area contributed by atoms with Crippen LogP contribution >= 0.6 is 11.6 Å². The molecule has 0 saturated carbocycles. The van der Waals surface area contributed by atoms with Gasteiger partial charge in [0, 0.05) is 16.3 Å². The molecule has 0 fully saturated rings. The van der Waals surface area contributed by atoms with E-state index < -0.39 is 11.7 Å². The third kappa shape index (κ3) is 6.03. The van der Waals surface area contributed by atoms with E-state index >= 15 is 0 Å². The third-order valence-corrected chi connectivity index (χ3v) is 2.19. The van der Waals surface area contributed by atoms with Crippen LogP contribution in [0, 0.1) is 11.8 Å². The Hall–Kier alpha value is -1.86. The molecular weight excluding hydrogens is 264 g/mol. The molecule has 0 saturated heterocycles. The first kappa shape index (κ1) is 15.2. The van der Waals surface area contributed by atoms with E-state index in [2.05, 4.69) is 17.2 Å². The Morgan fingerprint density at radius 2 is 2.16 bits per heavy atom. The molecule has 102 valence electrons. The number of benzene rings is 1. The van der Waals surface area contributed by atoms with Crippen molar-refractivity contribution in [2.24, 2.45) is 0 Å². The summed E-state index contributed by atoms with van der Waals surface area (Å²) in [6.45, 7) is 5.57. The first-order valence-corrected chi connectivity index (χ1v) is 6.16. The van der Waals surface area contributed by atoms with E-state index in [1.54, 1.807) is 39.0 Å². The summed E-state index contributed by atoms with van der Waals surface area (Å²) in [7, 11) is 0. The minimum Gasteiger partial charge on any atom is -0.444 e. The summed E-state index contributed by atoms with van der Waals surface area (Å²) in [4.78, 5) is 11.3. The molecule has 0 bridgehead atoms. The van der Waals surface area contributed by atoms with Crippen molar-refractivity contribution in [3.05, 3.63) is 28.8 Å². The highest BCUT2D eigenvalue weighted by Crippen LogP contribution is 2.16. The summed E-state index contributed by atoms with van der Waals surface area (Å²) in [5.41, 5.74) is 6.41. The van der Waals surface area contributed by atoms with E-state index in [0.717, 1.165) is 0 Å². The minimum absolute atomic E-state index is 0.181. The zero-order valence-electron chi connectivity index (χ0n) is 11.2. The molecule has 19 heavy (non-hydrogen) atoms. The van der Waals surface area contributed by atoms with Gasteiger partial charge in [0.05, 0.1) is 6.54 Å². The standard InChI is InChI=1S/C14H17ClN2O2/c1-14(2,3)19-13(18)17-8-4-5-10-9-11(15)6-7-12(10)16/h6-7,9H,8,16H2,1-3H3,(H,17,18). The average Bonchev–Trinajstić information content (AvgIpc) is 2.26. The molecule has 1 aromatic rings. The maximum Gasteiger partial charge on any atom is 0.408 e. The Kier molecular flexibility index (Phi) is 5.08. The second kappa shape index (κ2) is 6.35. The molecule has 0 heterocycles. The number of alkyl carbamates (subject to hydrolysis) is 1. The topological polar surface area (TPSA) is 64.3 Å². The number of hydrogen-bond donors (Lipinski definition) is 2. The number of rotatable bonds is 1. The van der Waals surface area contributed by atoms with E-state index in [1.165, 1.54) is 0 Å². The Balaban J connectivity index is 2.52. The van der Waals surface area contributed by atoms with Crippen molar-refractivity contribution in [2.45, 2.75) is 26.4 Å². The van der Waals surface area contributed by atoms with Crippen molar-refractivity contribution in [3.63, 3.8) is 0 Å². The van der Waals surface area contributed by atoms with E-state index in [1.807, 2.05) is 0 Å². The lowest BCUT2D eigenvalue weighted by Crippen LogP contribution is -2.32. The SMILES string of the molecule is CC(C)(C)OC(=O)NCC#Cc1cc(Cl)ccc1N. The minimum atomic E-state index is -0.519. The first-order chi connectivity index (χ1) is 8.78. The van der Waals surface area contributed by atoms with E-state index in [4.69, 9.17) is 22.1 Å². The van der Waals surface area contributed by atoms with Gasteiger partial charge in [-0.3, -0.25) is 0 Å². The molecule has 4 nitrogen and oxygen atoms in total. The van der Waals surface area contributed by atoms with Crippen LogP contribution in [0.1, 0.15) is 26.3 Å². The average molecular weight is 281 g/mol. The van der Waals surface area contributed by atoms with Gasteiger partial charge in [-0.25, -0.2) is 4.79 Å². The van der Waals surface area contributed by atoms with Crippen LogP contribution in [0.2, 0.25) is 5.02 Å². The summed E-state index contributed by atoms with van der Waals surface area (Å²) in [6, 6.07) is 5.06. The molecule has 0 spiro atoms. The Labute approximate surface area is 118 Å². The zero-order valence-corrected chi connectivity index (χ0v) is 12.0. The predicted molar refractivity (Wildman–Crippen MR) is 77.0 cm³/mol. The van der Waals surface area contributed by atoms with E-state index in [-0.39, 0.29) is 6.54 Å². The first-order valence-electron chi connectivity index (χ1n) is 5.79. The highest BCUT2D eigenvalue weighted by atomic mass is 35.5. The van der Waals surface area contributed by atoms with Gasteiger partial charge in [-0.1, -0.05) is 23.4 Å². The normalized spacial score (nSPS) is 10.3. The molecule has 0 unspecified atom stereocenters. The number of nitrogen functional groups attached to an aromatic ring is 1. The molecule has 1 rings (SSSR count). The number of carbonyl (C=O) groups excluding carboxylic acids is 1. The van der Waals surface area contributed by atoms with Crippen molar-refractivity contribution in [1.82, 2.24) is 5.32 Å². The summed E-state index contributed by atoms with van der Waals surface area (Å²) in [5.74, 6) is 5.63. The van der Waals surface area contributed by atoms with Crippen molar-refractivity contribution in [2.75, 3.05) is 12.3 Å². The van der Waals surface area contributed by atoms with Crippen LogP contribution < -0.4 is 11.1 Å². The fourth-order valence-electron chi connectivity index (χ4n) is 1.21. The van der Waals surface area contributed by atoms with Crippen LogP contribution in [-0.2, 0) is 4.74 Å². The van der Waals surface area contributed by atoms with Gasteiger partial charge in [-0.2, -0.15) is 0 Å². The van der Waals surface area contributed by atoms with Gasteiger partial charge in [0.15, 0.2) is 0 Å². The summed E-state index contributed by atoms with van der Waals surface area (Å²) in [6.07, 6.45) is -0.499. The van der Waals surface area contributed by atoms with Crippen LogP contribution in [-0.4, -0.2) is 18.2 Å². The Morgan fingerprint density at radius 1 is 1.47 bits per heavy atom.